The van der Waals surface area contributed by atoms with Crippen molar-refractivity contribution in [3.63, 3.8) is 0 Å². The second kappa shape index (κ2) is 6.62. The van der Waals surface area contributed by atoms with E-state index in [1.165, 1.54) is 6.92 Å². The number of hydrogen-bond acceptors (Lipinski definition) is 4. The molecule has 0 fully saturated rings. The maximum atomic E-state index is 14.1. The molecule has 0 atom stereocenters. The number of nitrogens with zero attached hydrogens (tertiary/aromatic N) is 2. The Balaban J connectivity index is 2.19. The second-order valence-electron chi connectivity index (χ2n) is 5.45. The molecule has 3 rings (SSSR count). The van der Waals surface area contributed by atoms with Crippen LogP contribution >= 0.6 is 11.6 Å². The summed E-state index contributed by atoms with van der Waals surface area (Å²) in [6.45, 7) is 5.35. The first-order chi connectivity index (χ1) is 11.9. The van der Waals surface area contributed by atoms with E-state index in [1.54, 1.807) is 24.4 Å². The van der Waals surface area contributed by atoms with Crippen molar-refractivity contribution in [3.05, 3.63) is 63.6 Å². The summed E-state index contributed by atoms with van der Waals surface area (Å²) in [6, 6.07) is 5.19. The zero-order valence-corrected chi connectivity index (χ0v) is 14.1. The summed E-state index contributed by atoms with van der Waals surface area (Å²) in [6.07, 6.45) is 1.56. The molecule has 0 saturated heterocycles. The lowest BCUT2D eigenvalue weighted by molar-refractivity contribution is 0.668. The van der Waals surface area contributed by atoms with Gasteiger partial charge in [-0.15, -0.1) is 0 Å². The van der Waals surface area contributed by atoms with Crippen LogP contribution in [-0.4, -0.2) is 20.4 Å². The van der Waals surface area contributed by atoms with Crippen molar-refractivity contribution in [3.8, 4) is 11.1 Å². The van der Waals surface area contributed by atoms with Crippen molar-refractivity contribution in [1.82, 2.24) is 20.4 Å². The molecule has 0 amide bonds. The van der Waals surface area contributed by atoms with E-state index < -0.39 is 5.83 Å². The van der Waals surface area contributed by atoms with E-state index in [-0.39, 0.29) is 22.7 Å². The minimum Gasteiger partial charge on any atom is -0.325 e. The van der Waals surface area contributed by atoms with Crippen LogP contribution in [0.2, 0.25) is 0 Å². The molecule has 0 aliphatic heterocycles. The molecular formula is C17H15ClFN5O. The van der Waals surface area contributed by atoms with E-state index in [1.807, 2.05) is 0 Å². The molecule has 128 valence electrons. The maximum absolute atomic E-state index is 14.1. The van der Waals surface area contributed by atoms with Crippen LogP contribution in [0.4, 0.5) is 4.39 Å². The maximum Gasteiger partial charge on any atom is 0.272 e. The van der Waals surface area contributed by atoms with Crippen LogP contribution in [0.1, 0.15) is 18.3 Å². The topological polar surface area (TPSA) is 100 Å². The van der Waals surface area contributed by atoms with Gasteiger partial charge in [-0.1, -0.05) is 24.2 Å². The molecule has 0 spiro atoms. The van der Waals surface area contributed by atoms with Gasteiger partial charge in [-0.25, -0.2) is 9.49 Å². The minimum atomic E-state index is -0.617. The summed E-state index contributed by atoms with van der Waals surface area (Å²) in [5.74, 6) is -0.617. The molecule has 2 aromatic heterocycles. The average molecular weight is 360 g/mol. The summed E-state index contributed by atoms with van der Waals surface area (Å²) in [7, 11) is 0. The van der Waals surface area contributed by atoms with Gasteiger partial charge in [-0.2, -0.15) is 10.2 Å². The van der Waals surface area contributed by atoms with E-state index in [0.717, 1.165) is 5.56 Å². The van der Waals surface area contributed by atoms with E-state index in [9.17, 15) is 9.18 Å². The normalized spacial score (nSPS) is 12.3. The molecule has 0 bridgehead atoms. The van der Waals surface area contributed by atoms with Crippen LogP contribution in [0, 0.1) is 0 Å². The Kier molecular flexibility index (Phi) is 4.52. The van der Waals surface area contributed by atoms with Crippen molar-refractivity contribution >= 4 is 27.9 Å². The summed E-state index contributed by atoms with van der Waals surface area (Å²) in [5.41, 5.74) is 7.81. The van der Waals surface area contributed by atoms with Gasteiger partial charge in [0.25, 0.3) is 5.56 Å². The van der Waals surface area contributed by atoms with Crippen molar-refractivity contribution in [1.29, 1.82) is 0 Å². The number of fused-ring (bicyclic) bond motifs is 1. The number of nitrogens with two attached hydrogens (primary N) is 1. The zero-order valence-electron chi connectivity index (χ0n) is 13.4. The van der Waals surface area contributed by atoms with Gasteiger partial charge in [0.15, 0.2) is 0 Å². The third-order valence-corrected chi connectivity index (χ3v) is 4.05. The lowest BCUT2D eigenvalue weighted by Crippen LogP contribution is -2.13. The second-order valence-corrected chi connectivity index (χ2v) is 6.02. The van der Waals surface area contributed by atoms with Crippen LogP contribution in [0.5, 0.6) is 0 Å². The molecule has 25 heavy (non-hydrogen) atoms. The Hall–Kier alpha value is -2.77. The fourth-order valence-corrected chi connectivity index (χ4v) is 2.71. The van der Waals surface area contributed by atoms with Crippen LogP contribution in [0.3, 0.4) is 0 Å². The average Bonchev–Trinajstić information content (AvgIpc) is 3.10. The van der Waals surface area contributed by atoms with Gasteiger partial charge < -0.3 is 5.73 Å². The van der Waals surface area contributed by atoms with E-state index in [4.69, 9.17) is 17.3 Å². The zero-order chi connectivity index (χ0) is 18.1. The van der Waals surface area contributed by atoms with Crippen molar-refractivity contribution in [2.75, 3.05) is 0 Å². The monoisotopic (exact) mass is 359 g/mol. The summed E-state index contributed by atoms with van der Waals surface area (Å²) >= 11 is 5.72. The molecule has 4 N–H and O–H groups in total. The predicted molar refractivity (Wildman–Crippen MR) is 96.5 cm³/mol. The number of H-pyrrole nitrogens is 2. The standard InChI is InChI=1S/C17H15ClFN5O/c1-8(15(19)9(2)18)16-13(7-21-23-16)10-3-4-11-12(5-10)14(6-20)22-24-17(11)25/h3-5,7H,1,6,20H2,2H3,(H,21,23)(H,24,25)/b15-9-. The van der Waals surface area contributed by atoms with E-state index >= 15 is 0 Å². The van der Waals surface area contributed by atoms with Crippen molar-refractivity contribution in [2.45, 2.75) is 13.5 Å². The smallest absolute Gasteiger partial charge is 0.272 e. The van der Waals surface area contributed by atoms with Gasteiger partial charge in [0, 0.05) is 23.1 Å². The summed E-state index contributed by atoms with van der Waals surface area (Å²) in [5, 5.41) is 14.2. The van der Waals surface area contributed by atoms with Crippen LogP contribution in [0.25, 0.3) is 27.5 Å². The Bertz CT molecular complexity index is 1060. The third kappa shape index (κ3) is 2.99. The first-order valence-electron chi connectivity index (χ1n) is 7.40. The van der Waals surface area contributed by atoms with Crippen LogP contribution in [-0.2, 0) is 6.54 Å². The van der Waals surface area contributed by atoms with Crippen LogP contribution < -0.4 is 11.3 Å². The number of allylic oxidation sites excluding steroid dienone is 3. The predicted octanol–water partition coefficient (Wildman–Crippen LogP) is 3.22. The third-order valence-electron chi connectivity index (χ3n) is 3.88. The highest BCUT2D eigenvalue weighted by Crippen LogP contribution is 2.33. The van der Waals surface area contributed by atoms with E-state index in [2.05, 4.69) is 27.0 Å². The molecule has 0 unspecified atom stereocenters. The first-order valence-corrected chi connectivity index (χ1v) is 7.78. The number of aromatic nitrogens is 4. The van der Waals surface area contributed by atoms with Crippen molar-refractivity contribution in [2.24, 2.45) is 5.73 Å². The molecular weight excluding hydrogens is 345 g/mol. The quantitative estimate of drug-likeness (QED) is 0.622. The highest BCUT2D eigenvalue weighted by Gasteiger charge is 2.16. The Morgan fingerprint density at radius 3 is 2.80 bits per heavy atom. The molecule has 0 saturated carbocycles. The molecule has 1 aromatic carbocycles. The van der Waals surface area contributed by atoms with Gasteiger partial charge in [-0.3, -0.25) is 9.89 Å². The van der Waals surface area contributed by atoms with Crippen LogP contribution in [0.15, 0.2) is 46.6 Å². The first kappa shape index (κ1) is 17.1. The molecule has 6 nitrogen and oxygen atoms in total. The van der Waals surface area contributed by atoms with Gasteiger partial charge in [-0.05, 0) is 24.6 Å². The molecule has 0 aliphatic carbocycles. The Morgan fingerprint density at radius 1 is 1.36 bits per heavy atom. The number of benzene rings is 1. The lowest BCUT2D eigenvalue weighted by Gasteiger charge is -2.08. The van der Waals surface area contributed by atoms with Gasteiger partial charge >= 0.3 is 0 Å². The summed E-state index contributed by atoms with van der Waals surface area (Å²) in [4.78, 5) is 11.9. The number of halogens is 2. The lowest BCUT2D eigenvalue weighted by atomic mass is 9.99. The molecule has 0 radical (unpaired) electrons. The molecule has 8 heteroatoms. The molecule has 3 aromatic rings. The Labute approximate surface area is 147 Å². The SMILES string of the molecule is C=C(/C(F)=C(\C)Cl)c1[nH]ncc1-c1ccc2c(=O)[nH]nc(CN)c2c1. The van der Waals surface area contributed by atoms with Crippen molar-refractivity contribution < 1.29 is 4.39 Å². The summed E-state index contributed by atoms with van der Waals surface area (Å²) < 4.78 is 14.1. The fourth-order valence-electron chi connectivity index (χ4n) is 2.60. The molecule has 2 heterocycles. The number of rotatable bonds is 4. The van der Waals surface area contributed by atoms with Gasteiger partial charge in [0.05, 0.1) is 28.0 Å². The Morgan fingerprint density at radius 2 is 2.12 bits per heavy atom. The largest absolute Gasteiger partial charge is 0.325 e. The highest BCUT2D eigenvalue weighted by atomic mass is 35.5. The number of hydrogen-bond donors (Lipinski definition) is 3. The highest BCUT2D eigenvalue weighted by molar-refractivity contribution is 6.30. The van der Waals surface area contributed by atoms with Gasteiger partial charge in [0.1, 0.15) is 5.83 Å². The number of nitrogens with one attached hydrogen (secondary N) is 2. The minimum absolute atomic E-state index is 0.00483. The fraction of sp³-hybridized carbons (Fsp3) is 0.118. The van der Waals surface area contributed by atoms with E-state index in [0.29, 0.717) is 27.7 Å². The molecule has 0 aliphatic rings. The number of aromatic amines is 2. The van der Waals surface area contributed by atoms with Gasteiger partial charge in [0.2, 0.25) is 0 Å².